The van der Waals surface area contributed by atoms with Gasteiger partial charge in [-0.3, -0.25) is 9.10 Å². The molecule has 0 bridgehead atoms. The molecule has 6 nitrogen and oxygen atoms in total. The van der Waals surface area contributed by atoms with Crippen molar-refractivity contribution in [2.45, 2.75) is 21.6 Å². The Morgan fingerprint density at radius 3 is 2.22 bits per heavy atom. The van der Waals surface area contributed by atoms with Gasteiger partial charge in [0.2, 0.25) is 5.91 Å². The lowest BCUT2D eigenvalue weighted by Gasteiger charge is -2.26. The Morgan fingerprint density at radius 1 is 0.889 bits per heavy atom. The van der Waals surface area contributed by atoms with Gasteiger partial charge in [-0.2, -0.15) is 0 Å². The average Bonchev–Trinajstić information content (AvgIpc) is 2.89. The number of methoxy groups -OCH3 is 1. The van der Waals surface area contributed by atoms with E-state index in [1.807, 2.05) is 61.5 Å². The van der Waals surface area contributed by atoms with Crippen molar-refractivity contribution in [2.24, 2.45) is 0 Å². The van der Waals surface area contributed by atoms with Crippen molar-refractivity contribution < 1.29 is 17.9 Å². The maximum Gasteiger partial charge on any atom is 0.264 e. The lowest BCUT2D eigenvalue weighted by molar-refractivity contribution is -0.114. The Kier molecular flexibility index (Phi) is 7.97. The number of nitrogens with zero attached hydrogens (tertiary/aromatic N) is 1. The van der Waals surface area contributed by atoms with E-state index in [1.165, 1.54) is 31.0 Å². The maximum atomic E-state index is 13.7. The highest BCUT2D eigenvalue weighted by molar-refractivity contribution is 7.99. The van der Waals surface area contributed by atoms with Gasteiger partial charge in [0.1, 0.15) is 12.3 Å². The minimum absolute atomic E-state index is 0.0846. The van der Waals surface area contributed by atoms with Gasteiger partial charge >= 0.3 is 0 Å². The second-order valence-electron chi connectivity index (χ2n) is 7.96. The quantitative estimate of drug-likeness (QED) is 0.295. The Balaban J connectivity index is 1.67. The molecule has 184 valence electrons. The summed E-state index contributed by atoms with van der Waals surface area (Å²) in [4.78, 5) is 15.3. The second-order valence-corrected chi connectivity index (χ2v) is 10.9. The van der Waals surface area contributed by atoms with Crippen molar-refractivity contribution in [3.63, 3.8) is 0 Å². The SMILES string of the molecule is COc1ccc(C)cc1N(CC(=O)Nc1ccccc1Sc1ccccc1)S(=O)(=O)c1ccccc1. The molecular formula is C28H26N2O4S2. The summed E-state index contributed by atoms with van der Waals surface area (Å²) in [6.45, 7) is 1.43. The van der Waals surface area contributed by atoms with Crippen LogP contribution in [0.25, 0.3) is 0 Å². The van der Waals surface area contributed by atoms with Crippen LogP contribution in [-0.4, -0.2) is 28.0 Å². The van der Waals surface area contributed by atoms with E-state index in [-0.39, 0.29) is 4.90 Å². The van der Waals surface area contributed by atoms with Crippen LogP contribution in [0.3, 0.4) is 0 Å². The van der Waals surface area contributed by atoms with Crippen molar-refractivity contribution in [3.05, 3.63) is 109 Å². The van der Waals surface area contributed by atoms with Crippen LogP contribution in [0.4, 0.5) is 11.4 Å². The van der Waals surface area contributed by atoms with E-state index in [4.69, 9.17) is 4.74 Å². The van der Waals surface area contributed by atoms with Crippen molar-refractivity contribution in [1.82, 2.24) is 0 Å². The summed E-state index contributed by atoms with van der Waals surface area (Å²) in [6, 6.07) is 30.5. The Hall–Kier alpha value is -3.75. The molecule has 4 rings (SSSR count). The topological polar surface area (TPSA) is 75.7 Å². The van der Waals surface area contributed by atoms with Crippen molar-refractivity contribution in [3.8, 4) is 5.75 Å². The van der Waals surface area contributed by atoms with E-state index in [1.54, 1.807) is 36.4 Å². The second kappa shape index (κ2) is 11.3. The first-order valence-electron chi connectivity index (χ1n) is 11.2. The predicted molar refractivity (Wildman–Crippen MR) is 144 cm³/mol. The van der Waals surface area contributed by atoms with Gasteiger partial charge in [-0.05, 0) is 61.0 Å². The van der Waals surface area contributed by atoms with Gasteiger partial charge in [-0.1, -0.05) is 66.4 Å². The molecule has 0 heterocycles. The normalized spacial score (nSPS) is 11.1. The van der Waals surface area contributed by atoms with Gasteiger partial charge in [0.25, 0.3) is 10.0 Å². The molecule has 4 aromatic carbocycles. The predicted octanol–water partition coefficient (Wildman–Crippen LogP) is 5.99. The minimum atomic E-state index is -4.06. The molecule has 0 spiro atoms. The van der Waals surface area contributed by atoms with Crippen LogP contribution in [0.5, 0.6) is 5.75 Å². The Labute approximate surface area is 216 Å². The lowest BCUT2D eigenvalue weighted by Crippen LogP contribution is -2.38. The number of carbonyl (C=O) groups excluding carboxylic acids is 1. The lowest BCUT2D eigenvalue weighted by atomic mass is 10.2. The number of hydrogen-bond acceptors (Lipinski definition) is 5. The Morgan fingerprint density at radius 2 is 1.53 bits per heavy atom. The van der Waals surface area contributed by atoms with Crippen LogP contribution >= 0.6 is 11.8 Å². The van der Waals surface area contributed by atoms with Crippen LogP contribution < -0.4 is 14.4 Å². The summed E-state index contributed by atoms with van der Waals surface area (Å²) in [5.74, 6) is -0.118. The van der Waals surface area contributed by atoms with E-state index in [0.29, 0.717) is 17.1 Å². The number of benzene rings is 4. The molecule has 0 aliphatic rings. The van der Waals surface area contributed by atoms with Crippen LogP contribution in [0, 0.1) is 6.92 Å². The maximum absolute atomic E-state index is 13.7. The molecule has 0 atom stereocenters. The number of sulfonamides is 1. The van der Waals surface area contributed by atoms with Crippen LogP contribution in [0.15, 0.2) is 118 Å². The molecule has 1 N–H and O–H groups in total. The smallest absolute Gasteiger partial charge is 0.264 e. The summed E-state index contributed by atoms with van der Waals surface area (Å²) in [5.41, 5.74) is 1.73. The summed E-state index contributed by atoms with van der Waals surface area (Å²) >= 11 is 1.52. The van der Waals surface area contributed by atoms with Crippen LogP contribution in [0.1, 0.15) is 5.56 Å². The standard InChI is InChI=1S/C28H26N2O4S2/c1-21-17-18-26(34-2)25(19-21)30(36(32,33)23-13-7-4-8-14-23)20-28(31)29-24-15-9-10-16-27(24)35-22-11-5-3-6-12-22/h3-19H,20H2,1-2H3,(H,29,31). The third-order valence-electron chi connectivity index (χ3n) is 5.35. The zero-order valence-corrected chi connectivity index (χ0v) is 21.6. The van der Waals surface area contributed by atoms with Gasteiger partial charge in [0.15, 0.2) is 0 Å². The highest BCUT2D eigenvalue weighted by atomic mass is 32.2. The van der Waals surface area contributed by atoms with Gasteiger partial charge < -0.3 is 10.1 Å². The number of aryl methyl sites for hydroxylation is 1. The summed E-state index contributed by atoms with van der Waals surface area (Å²) < 4.78 is 33.9. The first-order valence-corrected chi connectivity index (χ1v) is 13.5. The molecule has 8 heteroatoms. The van der Waals surface area contributed by atoms with Gasteiger partial charge in [-0.25, -0.2) is 8.42 Å². The third-order valence-corrected chi connectivity index (χ3v) is 8.21. The first kappa shape index (κ1) is 25.3. The molecule has 0 saturated heterocycles. The highest BCUT2D eigenvalue weighted by Gasteiger charge is 2.29. The highest BCUT2D eigenvalue weighted by Crippen LogP contribution is 2.35. The zero-order chi connectivity index (χ0) is 25.5. The molecule has 4 aromatic rings. The van der Waals surface area contributed by atoms with Gasteiger partial charge in [-0.15, -0.1) is 0 Å². The fourth-order valence-electron chi connectivity index (χ4n) is 3.61. The number of amides is 1. The van der Waals surface area contributed by atoms with Gasteiger partial charge in [0.05, 0.1) is 23.4 Å². The molecule has 0 aliphatic heterocycles. The molecular weight excluding hydrogens is 492 g/mol. The first-order chi connectivity index (χ1) is 17.4. The molecule has 0 unspecified atom stereocenters. The summed E-state index contributed by atoms with van der Waals surface area (Å²) in [7, 11) is -2.59. The van der Waals surface area contributed by atoms with E-state index in [2.05, 4.69) is 5.32 Å². The average molecular weight is 519 g/mol. The molecule has 1 amide bonds. The molecule has 0 aromatic heterocycles. The number of ether oxygens (including phenoxy) is 1. The number of anilines is 2. The minimum Gasteiger partial charge on any atom is -0.495 e. The summed E-state index contributed by atoms with van der Waals surface area (Å²) in [5, 5.41) is 2.90. The molecule has 36 heavy (non-hydrogen) atoms. The number of carbonyl (C=O) groups is 1. The van der Waals surface area contributed by atoms with Crippen LogP contribution in [-0.2, 0) is 14.8 Å². The third kappa shape index (κ3) is 5.90. The fraction of sp³-hybridized carbons (Fsp3) is 0.107. The monoisotopic (exact) mass is 518 g/mol. The van der Waals surface area contributed by atoms with E-state index in [0.717, 1.165) is 19.7 Å². The van der Waals surface area contributed by atoms with Crippen molar-refractivity contribution in [1.29, 1.82) is 0 Å². The molecule has 0 saturated carbocycles. The largest absolute Gasteiger partial charge is 0.495 e. The molecule has 0 aliphatic carbocycles. The van der Waals surface area contributed by atoms with Crippen molar-refractivity contribution in [2.75, 3.05) is 23.3 Å². The molecule has 0 radical (unpaired) electrons. The van der Waals surface area contributed by atoms with Gasteiger partial charge in [0, 0.05) is 9.79 Å². The van der Waals surface area contributed by atoms with E-state index in [9.17, 15) is 13.2 Å². The van der Waals surface area contributed by atoms with Crippen molar-refractivity contribution >= 4 is 39.1 Å². The van der Waals surface area contributed by atoms with Crippen LogP contribution in [0.2, 0.25) is 0 Å². The Bertz CT molecular complexity index is 1440. The fourth-order valence-corrected chi connectivity index (χ4v) is 5.98. The van der Waals surface area contributed by atoms with E-state index >= 15 is 0 Å². The summed E-state index contributed by atoms with van der Waals surface area (Å²) in [6.07, 6.45) is 0. The number of para-hydroxylation sites is 1. The number of hydrogen-bond donors (Lipinski definition) is 1. The number of rotatable bonds is 9. The van der Waals surface area contributed by atoms with E-state index < -0.39 is 22.5 Å². The molecule has 0 fully saturated rings. The zero-order valence-electron chi connectivity index (χ0n) is 19.9. The number of nitrogens with one attached hydrogen (secondary N) is 1.